The van der Waals surface area contributed by atoms with Gasteiger partial charge in [0, 0.05) is 23.7 Å². The molecule has 3 nitrogen and oxygen atoms in total. The lowest BCUT2D eigenvalue weighted by Crippen LogP contribution is -2.28. The van der Waals surface area contributed by atoms with Crippen LogP contribution in [0.2, 0.25) is 5.02 Å². The fourth-order valence-electron chi connectivity index (χ4n) is 2.23. The Hall–Kier alpha value is -1.26. The maximum atomic E-state index is 12.4. The SMILES string of the molecule is CN(CC1CC1)C(=O)c1sc2cccc(Cl)c2c1N. The zero-order valence-electron chi connectivity index (χ0n) is 10.6. The molecule has 1 fully saturated rings. The summed E-state index contributed by atoms with van der Waals surface area (Å²) in [5, 5.41) is 1.41. The van der Waals surface area contributed by atoms with Crippen LogP contribution < -0.4 is 5.73 Å². The minimum atomic E-state index is 0.00154. The van der Waals surface area contributed by atoms with Crippen molar-refractivity contribution in [1.82, 2.24) is 4.90 Å². The fourth-order valence-corrected chi connectivity index (χ4v) is 3.71. The summed E-state index contributed by atoms with van der Waals surface area (Å²) >= 11 is 7.58. The predicted octanol–water partition coefficient (Wildman–Crippen LogP) is 3.62. The molecule has 0 spiro atoms. The van der Waals surface area contributed by atoms with Crippen LogP contribution in [-0.4, -0.2) is 24.4 Å². The Morgan fingerprint density at radius 2 is 2.26 bits per heavy atom. The lowest BCUT2D eigenvalue weighted by Gasteiger charge is -2.16. The molecule has 1 saturated carbocycles. The second-order valence-electron chi connectivity index (χ2n) is 5.09. The Morgan fingerprint density at radius 1 is 1.53 bits per heavy atom. The summed E-state index contributed by atoms with van der Waals surface area (Å²) in [7, 11) is 1.84. The summed E-state index contributed by atoms with van der Waals surface area (Å²) in [6.07, 6.45) is 2.46. The second kappa shape index (κ2) is 4.69. The van der Waals surface area contributed by atoms with E-state index in [2.05, 4.69) is 0 Å². The van der Waals surface area contributed by atoms with Gasteiger partial charge in [-0.25, -0.2) is 0 Å². The Balaban J connectivity index is 1.97. The van der Waals surface area contributed by atoms with Gasteiger partial charge in [-0.05, 0) is 30.9 Å². The van der Waals surface area contributed by atoms with E-state index in [4.69, 9.17) is 17.3 Å². The molecule has 2 aromatic rings. The first-order chi connectivity index (χ1) is 9.08. The minimum absolute atomic E-state index is 0.00154. The van der Waals surface area contributed by atoms with Crippen LogP contribution in [0.25, 0.3) is 10.1 Å². The van der Waals surface area contributed by atoms with Gasteiger partial charge in [0.05, 0.1) is 10.7 Å². The van der Waals surface area contributed by atoms with Gasteiger partial charge in [0.2, 0.25) is 0 Å². The van der Waals surface area contributed by atoms with Gasteiger partial charge >= 0.3 is 0 Å². The van der Waals surface area contributed by atoms with Crippen LogP contribution >= 0.6 is 22.9 Å². The molecule has 19 heavy (non-hydrogen) atoms. The van der Waals surface area contributed by atoms with Crippen molar-refractivity contribution in [2.24, 2.45) is 5.92 Å². The molecular formula is C14H15ClN2OS. The summed E-state index contributed by atoms with van der Waals surface area (Å²) in [5.74, 6) is 0.676. The molecule has 100 valence electrons. The van der Waals surface area contributed by atoms with E-state index >= 15 is 0 Å². The third-order valence-electron chi connectivity index (χ3n) is 3.47. The number of nitrogen functional groups attached to an aromatic ring is 1. The number of nitrogens with two attached hydrogens (primary N) is 1. The normalized spacial score (nSPS) is 14.8. The van der Waals surface area contributed by atoms with Gasteiger partial charge in [-0.1, -0.05) is 17.7 Å². The van der Waals surface area contributed by atoms with Gasteiger partial charge in [-0.3, -0.25) is 4.79 Å². The molecule has 0 saturated heterocycles. The number of amides is 1. The van der Waals surface area contributed by atoms with Crippen LogP contribution in [0.15, 0.2) is 18.2 Å². The van der Waals surface area contributed by atoms with Crippen LogP contribution in [0.4, 0.5) is 5.69 Å². The number of benzene rings is 1. The summed E-state index contributed by atoms with van der Waals surface area (Å²) in [4.78, 5) is 14.8. The second-order valence-corrected chi connectivity index (χ2v) is 6.55. The zero-order valence-corrected chi connectivity index (χ0v) is 12.2. The van der Waals surface area contributed by atoms with Gasteiger partial charge < -0.3 is 10.6 Å². The molecule has 1 heterocycles. The standard InChI is InChI=1S/C14H15ClN2OS/c1-17(7-8-5-6-8)14(18)13-12(16)11-9(15)3-2-4-10(11)19-13/h2-4,8H,5-7,16H2,1H3. The first kappa shape index (κ1) is 12.8. The van der Waals surface area contributed by atoms with Gasteiger partial charge in [-0.15, -0.1) is 11.3 Å². The Labute approximate surface area is 121 Å². The number of thiophene rings is 1. The predicted molar refractivity (Wildman–Crippen MR) is 80.9 cm³/mol. The van der Waals surface area contributed by atoms with Crippen molar-refractivity contribution in [1.29, 1.82) is 0 Å². The van der Waals surface area contributed by atoms with Gasteiger partial charge in [0.25, 0.3) is 5.91 Å². The molecular weight excluding hydrogens is 280 g/mol. The van der Waals surface area contributed by atoms with Crippen LogP contribution in [-0.2, 0) is 0 Å². The highest BCUT2D eigenvalue weighted by molar-refractivity contribution is 7.21. The van der Waals surface area contributed by atoms with E-state index in [0.717, 1.165) is 16.6 Å². The number of carbonyl (C=O) groups excluding carboxylic acids is 1. The molecule has 3 rings (SSSR count). The average Bonchev–Trinajstić information content (AvgIpc) is 3.12. The highest BCUT2D eigenvalue weighted by atomic mass is 35.5. The minimum Gasteiger partial charge on any atom is -0.397 e. The number of carbonyl (C=O) groups is 1. The van der Waals surface area contributed by atoms with Crippen LogP contribution in [0.1, 0.15) is 22.5 Å². The number of hydrogen-bond acceptors (Lipinski definition) is 3. The molecule has 1 aromatic heterocycles. The van der Waals surface area contributed by atoms with Crippen LogP contribution in [0.5, 0.6) is 0 Å². The maximum Gasteiger partial charge on any atom is 0.265 e. The molecule has 1 aromatic carbocycles. The fraction of sp³-hybridized carbons (Fsp3) is 0.357. The van der Waals surface area contributed by atoms with Crippen molar-refractivity contribution in [3.05, 3.63) is 28.1 Å². The van der Waals surface area contributed by atoms with Crippen molar-refractivity contribution in [2.75, 3.05) is 19.3 Å². The lowest BCUT2D eigenvalue weighted by atomic mass is 10.2. The maximum absolute atomic E-state index is 12.4. The number of anilines is 1. The number of halogens is 1. The largest absolute Gasteiger partial charge is 0.397 e. The van der Waals surface area contributed by atoms with E-state index in [1.54, 1.807) is 11.0 Å². The van der Waals surface area contributed by atoms with E-state index in [-0.39, 0.29) is 5.91 Å². The third kappa shape index (κ3) is 2.30. The molecule has 2 N–H and O–H groups in total. The van der Waals surface area contributed by atoms with Crippen molar-refractivity contribution in [3.63, 3.8) is 0 Å². The van der Waals surface area contributed by atoms with E-state index in [1.807, 2.05) is 19.2 Å². The van der Waals surface area contributed by atoms with Gasteiger partial charge in [0.15, 0.2) is 0 Å². The highest BCUT2D eigenvalue weighted by Gasteiger charge is 2.27. The van der Waals surface area contributed by atoms with E-state index in [0.29, 0.717) is 21.5 Å². The van der Waals surface area contributed by atoms with E-state index < -0.39 is 0 Å². The van der Waals surface area contributed by atoms with Crippen LogP contribution in [0, 0.1) is 5.92 Å². The molecule has 0 atom stereocenters. The Bertz CT molecular complexity index is 648. The topological polar surface area (TPSA) is 46.3 Å². The zero-order chi connectivity index (χ0) is 13.6. The summed E-state index contributed by atoms with van der Waals surface area (Å²) in [5.41, 5.74) is 6.62. The number of fused-ring (bicyclic) bond motifs is 1. The molecule has 0 radical (unpaired) electrons. The van der Waals surface area contributed by atoms with Crippen LogP contribution in [0.3, 0.4) is 0 Å². The Kier molecular flexibility index (Phi) is 3.15. The first-order valence-electron chi connectivity index (χ1n) is 6.30. The Morgan fingerprint density at radius 3 is 2.89 bits per heavy atom. The molecule has 1 aliphatic carbocycles. The number of nitrogens with zero attached hydrogens (tertiary/aromatic N) is 1. The lowest BCUT2D eigenvalue weighted by molar-refractivity contribution is 0.0794. The molecule has 0 unspecified atom stereocenters. The smallest absolute Gasteiger partial charge is 0.265 e. The monoisotopic (exact) mass is 294 g/mol. The summed E-state index contributed by atoms with van der Waals surface area (Å²) in [6, 6.07) is 5.62. The molecule has 5 heteroatoms. The van der Waals surface area contributed by atoms with Crippen molar-refractivity contribution >= 4 is 44.6 Å². The summed E-state index contributed by atoms with van der Waals surface area (Å²) in [6.45, 7) is 0.820. The summed E-state index contributed by atoms with van der Waals surface area (Å²) < 4.78 is 0.966. The highest BCUT2D eigenvalue weighted by Crippen LogP contribution is 2.39. The molecule has 0 aliphatic heterocycles. The van der Waals surface area contributed by atoms with E-state index in [9.17, 15) is 4.79 Å². The average molecular weight is 295 g/mol. The van der Waals surface area contributed by atoms with Gasteiger partial charge in [0.1, 0.15) is 4.88 Å². The first-order valence-corrected chi connectivity index (χ1v) is 7.49. The van der Waals surface area contributed by atoms with Crippen molar-refractivity contribution in [3.8, 4) is 0 Å². The molecule has 1 amide bonds. The number of hydrogen-bond donors (Lipinski definition) is 1. The van der Waals surface area contributed by atoms with E-state index in [1.165, 1.54) is 24.2 Å². The molecule has 1 aliphatic rings. The third-order valence-corrected chi connectivity index (χ3v) is 4.95. The van der Waals surface area contributed by atoms with Gasteiger partial charge in [-0.2, -0.15) is 0 Å². The quantitative estimate of drug-likeness (QED) is 0.940. The number of rotatable bonds is 3. The van der Waals surface area contributed by atoms with Crippen molar-refractivity contribution < 1.29 is 4.79 Å². The van der Waals surface area contributed by atoms with Crippen molar-refractivity contribution in [2.45, 2.75) is 12.8 Å². The molecule has 0 bridgehead atoms.